The molecule has 4 nitrogen and oxygen atoms in total. The third kappa shape index (κ3) is 4.23. The number of hydrogen-bond acceptors (Lipinski definition) is 3. The van der Waals surface area contributed by atoms with Gasteiger partial charge in [0, 0.05) is 24.0 Å². The molecule has 0 aromatic carbocycles. The number of nitrogens with zero attached hydrogens (tertiary/aromatic N) is 1. The number of hydrogen-bond donors (Lipinski definition) is 2. The minimum absolute atomic E-state index is 0.0167. The van der Waals surface area contributed by atoms with Crippen molar-refractivity contribution in [3.63, 3.8) is 0 Å². The Hall–Kier alpha value is -1.58. The van der Waals surface area contributed by atoms with E-state index in [1.54, 1.807) is 12.4 Å². The van der Waals surface area contributed by atoms with Gasteiger partial charge in [0.2, 0.25) is 0 Å². The van der Waals surface area contributed by atoms with E-state index >= 15 is 0 Å². The van der Waals surface area contributed by atoms with E-state index in [0.29, 0.717) is 11.6 Å². The zero-order valence-electron chi connectivity index (χ0n) is 12.0. The molecule has 0 saturated heterocycles. The summed E-state index contributed by atoms with van der Waals surface area (Å²) in [7, 11) is 0. The summed E-state index contributed by atoms with van der Waals surface area (Å²) in [6, 6.07) is 2.20. The molecule has 1 amide bonds. The molecule has 19 heavy (non-hydrogen) atoms. The second-order valence-electron chi connectivity index (χ2n) is 6.29. The molecule has 2 rings (SSSR count). The number of nitrogens with one attached hydrogen (secondary N) is 2. The number of amides is 1. The Kier molecular flexibility index (Phi) is 4.08. The minimum Gasteiger partial charge on any atom is -0.379 e. The lowest BCUT2D eigenvalue weighted by Gasteiger charge is -2.22. The number of pyridine rings is 1. The number of anilines is 1. The summed E-state index contributed by atoms with van der Waals surface area (Å²) in [5.41, 5.74) is 1.47. The van der Waals surface area contributed by atoms with Gasteiger partial charge in [-0.25, -0.2) is 0 Å². The van der Waals surface area contributed by atoms with Gasteiger partial charge in [0.25, 0.3) is 5.91 Å². The topological polar surface area (TPSA) is 54.0 Å². The van der Waals surface area contributed by atoms with E-state index in [4.69, 9.17) is 0 Å². The minimum atomic E-state index is -0.0395. The molecule has 1 heterocycles. The monoisotopic (exact) mass is 261 g/mol. The van der Waals surface area contributed by atoms with Crippen molar-refractivity contribution in [1.29, 1.82) is 0 Å². The Balaban J connectivity index is 2.03. The van der Waals surface area contributed by atoms with Crippen LogP contribution in [-0.4, -0.2) is 22.5 Å². The smallest absolute Gasteiger partial charge is 0.253 e. The molecule has 1 aliphatic rings. The summed E-state index contributed by atoms with van der Waals surface area (Å²) in [5.74, 6) is -0.0167. The van der Waals surface area contributed by atoms with Crippen molar-refractivity contribution in [2.45, 2.75) is 58.0 Å². The quantitative estimate of drug-likeness (QED) is 0.879. The van der Waals surface area contributed by atoms with Crippen LogP contribution in [0.5, 0.6) is 0 Å². The van der Waals surface area contributed by atoms with E-state index in [0.717, 1.165) is 18.5 Å². The molecule has 0 unspecified atom stereocenters. The lowest BCUT2D eigenvalue weighted by molar-refractivity contribution is 0.0937. The van der Waals surface area contributed by atoms with Crippen LogP contribution in [0.15, 0.2) is 18.5 Å². The van der Waals surface area contributed by atoms with Crippen LogP contribution >= 0.6 is 0 Å². The molecular formula is C15H23N3O. The molecule has 2 N–H and O–H groups in total. The first-order valence-electron chi connectivity index (χ1n) is 6.98. The molecule has 104 valence electrons. The maximum atomic E-state index is 12.1. The van der Waals surface area contributed by atoms with Gasteiger partial charge in [0.05, 0.1) is 11.3 Å². The Bertz CT molecular complexity index is 445. The van der Waals surface area contributed by atoms with Crippen LogP contribution < -0.4 is 10.6 Å². The Morgan fingerprint density at radius 1 is 1.26 bits per heavy atom. The molecule has 0 radical (unpaired) electrons. The Labute approximate surface area is 115 Å². The second kappa shape index (κ2) is 5.59. The molecule has 1 aromatic rings. The maximum absolute atomic E-state index is 12.1. The van der Waals surface area contributed by atoms with Gasteiger partial charge in [0.15, 0.2) is 0 Å². The van der Waals surface area contributed by atoms with Crippen LogP contribution in [0.25, 0.3) is 0 Å². The molecule has 1 saturated carbocycles. The van der Waals surface area contributed by atoms with Crippen LogP contribution in [0, 0.1) is 0 Å². The highest BCUT2D eigenvalue weighted by Gasteiger charge is 2.18. The highest BCUT2D eigenvalue weighted by Crippen LogP contribution is 2.19. The fourth-order valence-corrected chi connectivity index (χ4v) is 2.40. The largest absolute Gasteiger partial charge is 0.379 e. The second-order valence-corrected chi connectivity index (χ2v) is 6.29. The van der Waals surface area contributed by atoms with Crippen molar-refractivity contribution >= 4 is 11.6 Å². The third-order valence-electron chi connectivity index (χ3n) is 3.21. The SMILES string of the molecule is CC(C)(C)Nc1cncc(C(=O)NC2CCCC2)c1. The molecule has 1 aliphatic carbocycles. The average molecular weight is 261 g/mol. The highest BCUT2D eigenvalue weighted by atomic mass is 16.1. The molecule has 1 fully saturated rings. The average Bonchev–Trinajstić information content (AvgIpc) is 2.80. The molecule has 4 heteroatoms. The van der Waals surface area contributed by atoms with Gasteiger partial charge < -0.3 is 10.6 Å². The molecule has 0 aliphatic heterocycles. The van der Waals surface area contributed by atoms with Gasteiger partial charge in [0.1, 0.15) is 0 Å². The van der Waals surface area contributed by atoms with E-state index in [9.17, 15) is 4.79 Å². The predicted molar refractivity (Wildman–Crippen MR) is 77.3 cm³/mol. The van der Waals surface area contributed by atoms with Gasteiger partial charge in [-0.1, -0.05) is 12.8 Å². The van der Waals surface area contributed by atoms with E-state index < -0.39 is 0 Å². The zero-order chi connectivity index (χ0) is 13.9. The fraction of sp³-hybridized carbons (Fsp3) is 0.600. The number of aromatic nitrogens is 1. The van der Waals surface area contributed by atoms with Crippen LogP contribution in [0.1, 0.15) is 56.8 Å². The summed E-state index contributed by atoms with van der Waals surface area (Å²) in [5, 5.41) is 6.41. The van der Waals surface area contributed by atoms with Gasteiger partial charge in [-0.3, -0.25) is 9.78 Å². The predicted octanol–water partition coefficient (Wildman–Crippen LogP) is 2.96. The van der Waals surface area contributed by atoms with Crippen LogP contribution in [-0.2, 0) is 0 Å². The van der Waals surface area contributed by atoms with E-state index in [1.807, 2.05) is 6.07 Å². The first kappa shape index (κ1) is 13.8. The summed E-state index contributed by atoms with van der Waals surface area (Å²) >= 11 is 0. The molecule has 0 spiro atoms. The molecule has 0 bridgehead atoms. The number of carbonyl (C=O) groups excluding carboxylic acids is 1. The standard InChI is InChI=1S/C15H23N3O/c1-15(2,3)18-13-8-11(9-16-10-13)14(19)17-12-6-4-5-7-12/h8-10,12,18H,4-7H2,1-3H3,(H,17,19). The van der Waals surface area contributed by atoms with Crippen molar-refractivity contribution in [3.8, 4) is 0 Å². The van der Waals surface area contributed by atoms with E-state index in [1.165, 1.54) is 12.8 Å². The first-order valence-corrected chi connectivity index (χ1v) is 6.98. The van der Waals surface area contributed by atoms with Gasteiger partial charge in [-0.15, -0.1) is 0 Å². The zero-order valence-corrected chi connectivity index (χ0v) is 12.0. The van der Waals surface area contributed by atoms with Gasteiger partial charge in [-0.2, -0.15) is 0 Å². The van der Waals surface area contributed by atoms with E-state index in [2.05, 4.69) is 36.4 Å². The lowest BCUT2D eigenvalue weighted by atomic mass is 10.1. The van der Waals surface area contributed by atoms with Gasteiger partial charge >= 0.3 is 0 Å². The van der Waals surface area contributed by atoms with Crippen molar-refractivity contribution in [2.24, 2.45) is 0 Å². The van der Waals surface area contributed by atoms with Crippen LogP contribution in [0.4, 0.5) is 5.69 Å². The molecule has 0 atom stereocenters. The Morgan fingerprint density at radius 2 is 1.95 bits per heavy atom. The highest BCUT2D eigenvalue weighted by molar-refractivity contribution is 5.94. The normalized spacial score (nSPS) is 16.4. The number of carbonyl (C=O) groups is 1. The van der Waals surface area contributed by atoms with Crippen LogP contribution in [0.3, 0.4) is 0 Å². The third-order valence-corrected chi connectivity index (χ3v) is 3.21. The first-order chi connectivity index (χ1) is 8.94. The van der Waals surface area contributed by atoms with Crippen molar-refractivity contribution < 1.29 is 4.79 Å². The summed E-state index contributed by atoms with van der Waals surface area (Å²) in [6.45, 7) is 6.24. The number of rotatable bonds is 3. The Morgan fingerprint density at radius 3 is 2.58 bits per heavy atom. The summed E-state index contributed by atoms with van der Waals surface area (Å²) in [6.07, 6.45) is 8.00. The fourth-order valence-electron chi connectivity index (χ4n) is 2.40. The summed E-state index contributed by atoms with van der Waals surface area (Å²) in [4.78, 5) is 16.3. The lowest BCUT2D eigenvalue weighted by Crippen LogP contribution is -2.33. The molecule has 1 aromatic heterocycles. The van der Waals surface area contributed by atoms with Crippen molar-refractivity contribution in [1.82, 2.24) is 10.3 Å². The summed E-state index contributed by atoms with van der Waals surface area (Å²) < 4.78 is 0. The van der Waals surface area contributed by atoms with E-state index in [-0.39, 0.29) is 11.4 Å². The van der Waals surface area contributed by atoms with Crippen molar-refractivity contribution in [2.75, 3.05) is 5.32 Å². The van der Waals surface area contributed by atoms with Crippen LogP contribution in [0.2, 0.25) is 0 Å². The van der Waals surface area contributed by atoms with Crippen molar-refractivity contribution in [3.05, 3.63) is 24.0 Å². The van der Waals surface area contributed by atoms with Gasteiger partial charge in [-0.05, 0) is 39.7 Å². The maximum Gasteiger partial charge on any atom is 0.253 e. The molecular weight excluding hydrogens is 238 g/mol.